The maximum atomic E-state index is 12.9. The van der Waals surface area contributed by atoms with E-state index < -0.39 is 0 Å². The molecule has 0 amide bonds. The molecule has 6 aliphatic rings. The number of para-hydroxylation sites is 1. The highest BCUT2D eigenvalue weighted by Gasteiger charge is 2.78. The van der Waals surface area contributed by atoms with E-state index in [1.165, 1.54) is 50.0 Å². The number of nitrogens with one attached hydrogen (secondary N) is 1. The van der Waals surface area contributed by atoms with Gasteiger partial charge in [0.2, 0.25) is 0 Å². The molecule has 3 heterocycles. The Bertz CT molecular complexity index is 779. The standard InChI is InChI=1S/C21H26N2O2/c1-25-17(24)15-13-19-7-4-11-23-12-10-20(18(19)23)14-5-2-3-6-16(14)22-21(15,20)9-8-19/h2-3,5-6,15,18,22H,4,7-13H2,1H3/t15-,18?,19+,20+,21+/m0/s1. The number of methoxy groups -OCH3 is 1. The summed E-state index contributed by atoms with van der Waals surface area (Å²) in [7, 11) is 1.56. The number of ether oxygens (including phenoxy) is 1. The third-order valence-electron chi connectivity index (χ3n) is 8.60. The van der Waals surface area contributed by atoms with Gasteiger partial charge in [-0.1, -0.05) is 18.2 Å². The lowest BCUT2D eigenvalue weighted by Gasteiger charge is -2.69. The van der Waals surface area contributed by atoms with Gasteiger partial charge in [-0.3, -0.25) is 9.69 Å². The minimum absolute atomic E-state index is 0.00114. The molecule has 1 unspecified atom stereocenters. The van der Waals surface area contributed by atoms with Gasteiger partial charge in [0.15, 0.2) is 0 Å². The fourth-order valence-electron chi connectivity index (χ4n) is 8.03. The van der Waals surface area contributed by atoms with Crippen molar-refractivity contribution in [1.82, 2.24) is 4.90 Å². The van der Waals surface area contributed by atoms with Gasteiger partial charge in [0.25, 0.3) is 0 Å². The van der Waals surface area contributed by atoms with Gasteiger partial charge in [0.1, 0.15) is 0 Å². The highest BCUT2D eigenvalue weighted by molar-refractivity contribution is 5.80. The monoisotopic (exact) mass is 338 g/mol. The Labute approximate surface area is 148 Å². The number of benzene rings is 1. The van der Waals surface area contributed by atoms with Crippen molar-refractivity contribution in [1.29, 1.82) is 0 Å². The average Bonchev–Trinajstić information content (AvgIpc) is 3.19. The van der Waals surface area contributed by atoms with E-state index in [1.807, 2.05) is 0 Å². The van der Waals surface area contributed by atoms with Crippen LogP contribution in [0, 0.1) is 11.3 Å². The molecule has 0 aromatic heterocycles. The van der Waals surface area contributed by atoms with Crippen LogP contribution in [0.4, 0.5) is 5.69 Å². The third kappa shape index (κ3) is 1.38. The Balaban J connectivity index is 1.65. The maximum Gasteiger partial charge on any atom is 0.311 e. The van der Waals surface area contributed by atoms with Crippen LogP contribution in [-0.2, 0) is 14.9 Å². The van der Waals surface area contributed by atoms with Crippen molar-refractivity contribution in [2.75, 3.05) is 25.5 Å². The molecule has 3 aliphatic heterocycles. The van der Waals surface area contributed by atoms with Crippen molar-refractivity contribution in [2.45, 2.75) is 55.5 Å². The zero-order valence-corrected chi connectivity index (χ0v) is 14.9. The first-order chi connectivity index (χ1) is 12.2. The molecule has 1 N–H and O–H groups in total. The SMILES string of the molecule is COC(=O)[C@@H]1C[C@@]23CCCN4CC[C@@]5(c6ccccc6N[C@]15CC2)C43. The molecule has 1 aromatic rings. The molecule has 25 heavy (non-hydrogen) atoms. The summed E-state index contributed by atoms with van der Waals surface area (Å²) in [5.74, 6) is -0.0193. The summed E-state index contributed by atoms with van der Waals surface area (Å²) < 4.78 is 5.33. The lowest BCUT2D eigenvalue weighted by atomic mass is 9.39. The van der Waals surface area contributed by atoms with Crippen molar-refractivity contribution in [3.63, 3.8) is 0 Å². The summed E-state index contributed by atoms with van der Waals surface area (Å²) in [6.07, 6.45) is 7.10. The predicted octanol–water partition coefficient (Wildman–Crippen LogP) is 2.93. The van der Waals surface area contributed by atoms with Crippen LogP contribution in [0.15, 0.2) is 24.3 Å². The van der Waals surface area contributed by atoms with Gasteiger partial charge in [0, 0.05) is 17.1 Å². The molecule has 5 atom stereocenters. The van der Waals surface area contributed by atoms with E-state index >= 15 is 0 Å². The molecule has 2 bridgehead atoms. The van der Waals surface area contributed by atoms with Crippen LogP contribution < -0.4 is 5.32 Å². The highest BCUT2D eigenvalue weighted by atomic mass is 16.5. The van der Waals surface area contributed by atoms with Gasteiger partial charge in [-0.05, 0) is 68.7 Å². The number of anilines is 1. The molecule has 1 aromatic carbocycles. The normalized spacial score (nSPS) is 46.1. The second kappa shape index (κ2) is 4.40. The Morgan fingerprint density at radius 1 is 1.20 bits per heavy atom. The quantitative estimate of drug-likeness (QED) is 0.800. The molecule has 4 nitrogen and oxygen atoms in total. The number of rotatable bonds is 1. The largest absolute Gasteiger partial charge is 0.469 e. The number of fused-ring (bicyclic) bond motifs is 3. The Hall–Kier alpha value is -1.55. The molecule has 4 heteroatoms. The lowest BCUT2D eigenvalue weighted by Crippen LogP contribution is -2.76. The molecule has 132 valence electrons. The number of hydrogen-bond donors (Lipinski definition) is 1. The number of esters is 1. The lowest BCUT2D eigenvalue weighted by molar-refractivity contribution is -0.171. The average molecular weight is 338 g/mol. The Kier molecular flexibility index (Phi) is 2.57. The van der Waals surface area contributed by atoms with E-state index in [1.54, 1.807) is 7.11 Å². The molecular weight excluding hydrogens is 312 g/mol. The zero-order valence-electron chi connectivity index (χ0n) is 14.9. The molecule has 0 radical (unpaired) electrons. The van der Waals surface area contributed by atoms with Crippen molar-refractivity contribution in [3.05, 3.63) is 29.8 Å². The van der Waals surface area contributed by atoms with Crippen LogP contribution in [0.2, 0.25) is 0 Å². The zero-order chi connectivity index (χ0) is 16.9. The molecule has 3 spiro atoms. The number of nitrogens with zero attached hydrogens (tertiary/aromatic N) is 1. The van der Waals surface area contributed by atoms with Crippen LogP contribution in [0.5, 0.6) is 0 Å². The summed E-state index contributed by atoms with van der Waals surface area (Å²) in [4.78, 5) is 15.7. The Morgan fingerprint density at radius 2 is 2.08 bits per heavy atom. The van der Waals surface area contributed by atoms with Crippen LogP contribution in [-0.4, -0.2) is 42.6 Å². The van der Waals surface area contributed by atoms with E-state index in [0.717, 1.165) is 12.8 Å². The summed E-state index contributed by atoms with van der Waals surface area (Å²) >= 11 is 0. The predicted molar refractivity (Wildman–Crippen MR) is 95.5 cm³/mol. The summed E-state index contributed by atoms with van der Waals surface area (Å²) in [6.45, 7) is 2.41. The summed E-state index contributed by atoms with van der Waals surface area (Å²) in [5.41, 5.74) is 2.97. The van der Waals surface area contributed by atoms with E-state index in [2.05, 4.69) is 34.5 Å². The number of carbonyl (C=O) groups is 1. The minimum Gasteiger partial charge on any atom is -0.469 e. The highest BCUT2D eigenvalue weighted by Crippen LogP contribution is 2.74. The minimum atomic E-state index is -0.151. The van der Waals surface area contributed by atoms with Gasteiger partial charge in [0.05, 0.1) is 18.6 Å². The molecule has 3 aliphatic carbocycles. The molecule has 3 saturated carbocycles. The number of piperidine rings is 1. The van der Waals surface area contributed by atoms with Gasteiger partial charge < -0.3 is 10.1 Å². The van der Waals surface area contributed by atoms with Crippen molar-refractivity contribution < 1.29 is 9.53 Å². The molecule has 2 saturated heterocycles. The maximum absolute atomic E-state index is 12.9. The van der Waals surface area contributed by atoms with Crippen LogP contribution in [0.25, 0.3) is 0 Å². The first-order valence-corrected chi connectivity index (χ1v) is 9.87. The van der Waals surface area contributed by atoms with Crippen LogP contribution in [0.3, 0.4) is 0 Å². The third-order valence-corrected chi connectivity index (χ3v) is 8.60. The van der Waals surface area contributed by atoms with Crippen molar-refractivity contribution in [2.24, 2.45) is 11.3 Å². The second-order valence-electron chi connectivity index (χ2n) is 9.05. The molecule has 7 rings (SSSR count). The van der Waals surface area contributed by atoms with Crippen LogP contribution in [0.1, 0.15) is 44.1 Å². The van der Waals surface area contributed by atoms with Gasteiger partial charge in [-0.25, -0.2) is 0 Å². The first-order valence-electron chi connectivity index (χ1n) is 9.87. The number of carbonyl (C=O) groups excluding carboxylic acids is 1. The smallest absolute Gasteiger partial charge is 0.311 e. The molecular formula is C21H26N2O2. The molecule has 5 fully saturated rings. The van der Waals surface area contributed by atoms with E-state index in [-0.39, 0.29) is 22.8 Å². The number of hydrogen-bond acceptors (Lipinski definition) is 4. The van der Waals surface area contributed by atoms with Crippen LogP contribution >= 0.6 is 0 Å². The fraction of sp³-hybridized carbons (Fsp3) is 0.667. The summed E-state index contributed by atoms with van der Waals surface area (Å²) in [5, 5.41) is 3.92. The topological polar surface area (TPSA) is 41.6 Å². The van der Waals surface area contributed by atoms with Crippen molar-refractivity contribution >= 4 is 11.7 Å². The Morgan fingerprint density at radius 3 is 2.96 bits per heavy atom. The van der Waals surface area contributed by atoms with Crippen molar-refractivity contribution in [3.8, 4) is 0 Å². The second-order valence-corrected chi connectivity index (χ2v) is 9.05. The fourth-order valence-corrected chi connectivity index (χ4v) is 8.03. The summed E-state index contributed by atoms with van der Waals surface area (Å²) in [6, 6.07) is 9.45. The first kappa shape index (κ1) is 14.6. The van der Waals surface area contributed by atoms with E-state index in [9.17, 15) is 4.79 Å². The van der Waals surface area contributed by atoms with Gasteiger partial charge in [-0.15, -0.1) is 0 Å². The van der Waals surface area contributed by atoms with E-state index in [0.29, 0.717) is 11.5 Å². The van der Waals surface area contributed by atoms with Gasteiger partial charge >= 0.3 is 5.97 Å². The van der Waals surface area contributed by atoms with E-state index in [4.69, 9.17) is 4.74 Å². The van der Waals surface area contributed by atoms with Gasteiger partial charge in [-0.2, -0.15) is 0 Å².